The Kier molecular flexibility index (Phi) is 4.09. The lowest BCUT2D eigenvalue weighted by atomic mass is 10.2. The van der Waals surface area contributed by atoms with Gasteiger partial charge in [-0.1, -0.05) is 28.8 Å². The van der Waals surface area contributed by atoms with Gasteiger partial charge in [0.05, 0.1) is 0 Å². The molecule has 96 valence electrons. The Morgan fingerprint density at radius 1 is 1.28 bits per heavy atom. The summed E-state index contributed by atoms with van der Waals surface area (Å²) >= 11 is 11.7. The first kappa shape index (κ1) is 13.2. The van der Waals surface area contributed by atoms with Gasteiger partial charge in [0, 0.05) is 18.6 Å². The van der Waals surface area contributed by atoms with Gasteiger partial charge in [0.2, 0.25) is 5.89 Å². The molecule has 1 unspecified atom stereocenters. The fourth-order valence-electron chi connectivity index (χ4n) is 1.47. The molecule has 0 aliphatic heterocycles. The zero-order valence-electron chi connectivity index (χ0n) is 10.1. The minimum atomic E-state index is -0.282. The molecule has 2 aromatic rings. The summed E-state index contributed by atoms with van der Waals surface area (Å²) in [5.74, 6) is 0.426. The van der Waals surface area contributed by atoms with Crippen LogP contribution in [0.3, 0.4) is 0 Å². The first-order valence-corrected chi connectivity index (χ1v) is 6.31. The molecule has 1 aromatic carbocycles. The molecule has 0 saturated heterocycles. The van der Waals surface area contributed by atoms with Crippen LogP contribution in [0.25, 0.3) is 0 Å². The lowest BCUT2D eigenvalue weighted by Crippen LogP contribution is -2.16. The number of anilines is 1. The van der Waals surface area contributed by atoms with Crippen molar-refractivity contribution in [2.45, 2.75) is 18.8 Å². The molecular formula is C12H13Cl2N3O. The number of halogens is 2. The van der Waals surface area contributed by atoms with Gasteiger partial charge in [-0.25, -0.2) is 0 Å². The van der Waals surface area contributed by atoms with Crippen molar-refractivity contribution in [2.75, 3.05) is 11.9 Å². The summed E-state index contributed by atoms with van der Waals surface area (Å²) in [6.07, 6.45) is 0. The fraction of sp³-hybridized carbons (Fsp3) is 0.333. The zero-order chi connectivity index (χ0) is 13.1. The summed E-state index contributed by atoms with van der Waals surface area (Å²) in [5.41, 5.74) is 1.11. The van der Waals surface area contributed by atoms with Crippen LogP contribution < -0.4 is 4.90 Å². The maximum absolute atomic E-state index is 5.87. The fourth-order valence-corrected chi connectivity index (χ4v) is 1.69. The highest BCUT2D eigenvalue weighted by Crippen LogP contribution is 2.22. The Bertz CT molecular complexity index is 510. The summed E-state index contributed by atoms with van der Waals surface area (Å²) in [7, 11) is 1.88. The molecule has 1 atom stereocenters. The third-order valence-electron chi connectivity index (χ3n) is 2.43. The molecule has 0 saturated carbocycles. The van der Waals surface area contributed by atoms with E-state index in [1.165, 1.54) is 0 Å². The maximum Gasteiger partial charge on any atom is 0.318 e. The van der Waals surface area contributed by atoms with E-state index in [2.05, 4.69) is 10.2 Å². The second kappa shape index (κ2) is 5.59. The second-order valence-corrected chi connectivity index (χ2v) is 5.11. The molecule has 6 heteroatoms. The minimum Gasteiger partial charge on any atom is -0.406 e. The van der Waals surface area contributed by atoms with E-state index in [1.807, 2.05) is 36.2 Å². The summed E-state index contributed by atoms with van der Waals surface area (Å²) < 4.78 is 5.45. The van der Waals surface area contributed by atoms with Crippen LogP contribution in [0.5, 0.6) is 0 Å². The molecule has 0 N–H and O–H groups in total. The number of aromatic nitrogens is 2. The zero-order valence-corrected chi connectivity index (χ0v) is 11.6. The third kappa shape index (κ3) is 3.15. The van der Waals surface area contributed by atoms with Crippen LogP contribution in [0.4, 0.5) is 6.01 Å². The molecule has 4 nitrogen and oxygen atoms in total. The molecule has 2 rings (SSSR count). The summed E-state index contributed by atoms with van der Waals surface area (Å²) in [6, 6.07) is 8.07. The summed E-state index contributed by atoms with van der Waals surface area (Å²) in [4.78, 5) is 1.86. The normalized spacial score (nSPS) is 12.4. The predicted octanol–water partition coefficient (Wildman–Crippen LogP) is 3.66. The number of rotatable bonds is 4. The van der Waals surface area contributed by atoms with Gasteiger partial charge < -0.3 is 9.32 Å². The van der Waals surface area contributed by atoms with Gasteiger partial charge in [0.25, 0.3) is 0 Å². The van der Waals surface area contributed by atoms with Crippen molar-refractivity contribution < 1.29 is 4.42 Å². The smallest absolute Gasteiger partial charge is 0.318 e. The average Bonchev–Trinajstić information content (AvgIpc) is 2.81. The van der Waals surface area contributed by atoms with E-state index in [0.29, 0.717) is 18.5 Å². The van der Waals surface area contributed by atoms with Gasteiger partial charge in [0.15, 0.2) is 0 Å². The largest absolute Gasteiger partial charge is 0.406 e. The van der Waals surface area contributed by atoms with Crippen molar-refractivity contribution in [3.63, 3.8) is 0 Å². The average molecular weight is 286 g/mol. The summed E-state index contributed by atoms with van der Waals surface area (Å²) in [5, 5.41) is 8.27. The van der Waals surface area contributed by atoms with E-state index in [1.54, 1.807) is 6.92 Å². The molecule has 1 heterocycles. The molecule has 0 spiro atoms. The van der Waals surface area contributed by atoms with Crippen molar-refractivity contribution in [3.05, 3.63) is 40.7 Å². The van der Waals surface area contributed by atoms with Crippen LogP contribution in [0.15, 0.2) is 28.7 Å². The van der Waals surface area contributed by atoms with Crippen LogP contribution in [-0.2, 0) is 6.54 Å². The predicted molar refractivity (Wildman–Crippen MR) is 72.1 cm³/mol. The van der Waals surface area contributed by atoms with Crippen LogP contribution in [0.1, 0.15) is 23.8 Å². The van der Waals surface area contributed by atoms with Crippen molar-refractivity contribution >= 4 is 29.2 Å². The van der Waals surface area contributed by atoms with Crippen molar-refractivity contribution in [3.8, 4) is 0 Å². The van der Waals surface area contributed by atoms with Crippen molar-refractivity contribution in [1.29, 1.82) is 0 Å². The van der Waals surface area contributed by atoms with Gasteiger partial charge in [-0.15, -0.1) is 16.7 Å². The number of hydrogen-bond donors (Lipinski definition) is 0. The summed E-state index contributed by atoms with van der Waals surface area (Å²) in [6.45, 7) is 2.45. The van der Waals surface area contributed by atoms with E-state index >= 15 is 0 Å². The molecule has 1 aromatic heterocycles. The van der Waals surface area contributed by atoms with Crippen LogP contribution >= 0.6 is 23.2 Å². The Morgan fingerprint density at radius 3 is 2.50 bits per heavy atom. The van der Waals surface area contributed by atoms with Crippen molar-refractivity contribution in [2.24, 2.45) is 0 Å². The molecule has 0 bridgehead atoms. The molecular weight excluding hydrogens is 273 g/mol. The molecule has 18 heavy (non-hydrogen) atoms. The van der Waals surface area contributed by atoms with Gasteiger partial charge in [-0.2, -0.15) is 0 Å². The Morgan fingerprint density at radius 2 is 1.94 bits per heavy atom. The lowest BCUT2D eigenvalue weighted by molar-refractivity contribution is 0.489. The molecule has 0 fully saturated rings. The quantitative estimate of drug-likeness (QED) is 0.804. The van der Waals surface area contributed by atoms with Gasteiger partial charge in [-0.05, 0) is 24.6 Å². The van der Waals surface area contributed by atoms with Crippen LogP contribution in [0.2, 0.25) is 5.02 Å². The van der Waals surface area contributed by atoms with Gasteiger partial charge in [0.1, 0.15) is 5.38 Å². The molecule has 0 aliphatic carbocycles. The number of benzene rings is 1. The molecule has 0 aliphatic rings. The Balaban J connectivity index is 2.06. The lowest BCUT2D eigenvalue weighted by Gasteiger charge is -2.13. The van der Waals surface area contributed by atoms with E-state index in [-0.39, 0.29) is 5.38 Å². The number of alkyl halides is 1. The molecule has 0 radical (unpaired) electrons. The minimum absolute atomic E-state index is 0.282. The van der Waals surface area contributed by atoms with Crippen molar-refractivity contribution in [1.82, 2.24) is 10.2 Å². The first-order valence-electron chi connectivity index (χ1n) is 5.49. The highest BCUT2D eigenvalue weighted by atomic mass is 35.5. The van der Waals surface area contributed by atoms with Crippen LogP contribution in [-0.4, -0.2) is 17.2 Å². The van der Waals surface area contributed by atoms with E-state index in [9.17, 15) is 0 Å². The maximum atomic E-state index is 5.87. The standard InChI is InChI=1S/C12H13Cl2N3O/c1-8(13)11-15-16-12(18-11)17(2)7-9-3-5-10(14)6-4-9/h3-6,8H,7H2,1-2H3. The van der Waals surface area contributed by atoms with E-state index in [0.717, 1.165) is 10.6 Å². The highest BCUT2D eigenvalue weighted by molar-refractivity contribution is 6.30. The van der Waals surface area contributed by atoms with Crippen LogP contribution in [0, 0.1) is 0 Å². The molecule has 0 amide bonds. The number of hydrogen-bond acceptors (Lipinski definition) is 4. The Labute approximate surface area is 116 Å². The third-order valence-corrected chi connectivity index (χ3v) is 2.87. The SMILES string of the molecule is CC(Cl)c1nnc(N(C)Cc2ccc(Cl)cc2)o1. The highest BCUT2D eigenvalue weighted by Gasteiger charge is 2.14. The van der Waals surface area contributed by atoms with Gasteiger partial charge in [-0.3, -0.25) is 0 Å². The van der Waals surface area contributed by atoms with Gasteiger partial charge >= 0.3 is 6.01 Å². The topological polar surface area (TPSA) is 42.2 Å². The first-order chi connectivity index (χ1) is 8.56. The second-order valence-electron chi connectivity index (χ2n) is 4.02. The monoisotopic (exact) mass is 285 g/mol. The van der Waals surface area contributed by atoms with E-state index < -0.39 is 0 Å². The Hall–Kier alpha value is -1.26. The van der Waals surface area contributed by atoms with E-state index in [4.69, 9.17) is 27.6 Å². The number of nitrogens with zero attached hydrogens (tertiary/aromatic N) is 3.